The summed E-state index contributed by atoms with van der Waals surface area (Å²) in [6.45, 7) is 9.71. The van der Waals surface area contributed by atoms with E-state index >= 15 is 0 Å². The number of aliphatic imine (C=N–C) groups is 1. The Hall–Kier alpha value is 0.300. The van der Waals surface area contributed by atoms with Crippen LogP contribution in [0.3, 0.4) is 0 Å². The number of nitrogens with zero attached hydrogens (tertiary/aromatic N) is 2. The van der Waals surface area contributed by atoms with Gasteiger partial charge in [0.2, 0.25) is 0 Å². The summed E-state index contributed by atoms with van der Waals surface area (Å²) >= 11 is 9.32. The summed E-state index contributed by atoms with van der Waals surface area (Å²) in [5.74, 6) is 1.98. The summed E-state index contributed by atoms with van der Waals surface area (Å²) in [4.78, 5) is 7.77. The van der Waals surface area contributed by atoms with Gasteiger partial charge in [-0.05, 0) is 32.9 Å². The van der Waals surface area contributed by atoms with E-state index in [-0.39, 0.29) is 28.7 Å². The first-order valence-corrected chi connectivity index (χ1v) is 9.70. The maximum atomic E-state index is 10.2. The first-order chi connectivity index (χ1) is 10.4. The Bertz CT molecular complexity index is 525. The number of hydrogen-bond donors (Lipinski definition) is 2. The van der Waals surface area contributed by atoms with Crippen molar-refractivity contribution in [1.29, 1.82) is 0 Å². The number of guanidine groups is 1. The minimum atomic E-state index is -0.599. The third kappa shape index (κ3) is 6.61. The van der Waals surface area contributed by atoms with Crippen molar-refractivity contribution < 1.29 is 5.11 Å². The van der Waals surface area contributed by atoms with E-state index in [0.717, 1.165) is 36.2 Å². The second-order valence-corrected chi connectivity index (χ2v) is 9.43. The van der Waals surface area contributed by atoms with Gasteiger partial charge in [-0.15, -0.1) is 35.3 Å². The highest BCUT2D eigenvalue weighted by Gasteiger charge is 2.28. The van der Waals surface area contributed by atoms with E-state index in [9.17, 15) is 5.11 Å². The van der Waals surface area contributed by atoms with Crippen LogP contribution in [0.25, 0.3) is 0 Å². The van der Waals surface area contributed by atoms with E-state index < -0.39 is 6.10 Å². The summed E-state index contributed by atoms with van der Waals surface area (Å²) in [5.41, 5.74) is 0. The first kappa shape index (κ1) is 21.3. The van der Waals surface area contributed by atoms with Gasteiger partial charge in [-0.25, -0.2) is 0 Å². The lowest BCUT2D eigenvalue weighted by atomic mass is 10.2. The number of halogens is 2. The van der Waals surface area contributed by atoms with Crippen LogP contribution in [0.1, 0.15) is 31.8 Å². The van der Waals surface area contributed by atoms with Crippen LogP contribution in [0.4, 0.5) is 0 Å². The molecular formula is C15H25ClIN3OS2. The van der Waals surface area contributed by atoms with Gasteiger partial charge in [-0.3, -0.25) is 4.99 Å². The van der Waals surface area contributed by atoms with Crippen LogP contribution in [0.5, 0.6) is 0 Å². The van der Waals surface area contributed by atoms with Crippen molar-refractivity contribution in [3.8, 4) is 0 Å². The largest absolute Gasteiger partial charge is 0.386 e. The number of aliphatic hydroxyl groups excluding tert-OH is 1. The lowest BCUT2D eigenvalue weighted by molar-refractivity contribution is 0.190. The standard InChI is InChI=1S/C15H24ClN3OS2.HI/c1-4-17-14(19-7-8-21-15(2,3)10-19)18-9-11(20)12-5-6-13(16)22-12;/h5-6,11,20H,4,7-10H2,1-3H3,(H,17,18);1H. The third-order valence-corrected chi connectivity index (χ3v) is 6.03. The molecule has 2 heterocycles. The Labute approximate surface area is 169 Å². The minimum absolute atomic E-state index is 0. The quantitative estimate of drug-likeness (QED) is 0.383. The van der Waals surface area contributed by atoms with Gasteiger partial charge in [-0.1, -0.05) is 11.6 Å². The fourth-order valence-corrected chi connectivity index (χ4v) is 4.54. The number of aliphatic hydroxyl groups is 1. The fraction of sp³-hybridized carbons (Fsp3) is 0.667. The van der Waals surface area contributed by atoms with Crippen molar-refractivity contribution in [2.45, 2.75) is 31.6 Å². The topological polar surface area (TPSA) is 47.9 Å². The molecule has 0 aromatic carbocycles. The normalized spacial score (nSPS) is 19.2. The van der Waals surface area contributed by atoms with E-state index in [0.29, 0.717) is 10.9 Å². The predicted molar refractivity (Wildman–Crippen MR) is 114 cm³/mol. The van der Waals surface area contributed by atoms with Crippen molar-refractivity contribution in [2.75, 3.05) is 31.9 Å². The Morgan fingerprint density at radius 1 is 1.52 bits per heavy atom. The molecule has 8 heteroatoms. The summed E-state index contributed by atoms with van der Waals surface area (Å²) in [6.07, 6.45) is -0.599. The number of thiophene rings is 1. The summed E-state index contributed by atoms with van der Waals surface area (Å²) in [7, 11) is 0. The van der Waals surface area contributed by atoms with Gasteiger partial charge in [0.15, 0.2) is 5.96 Å². The average Bonchev–Trinajstić information content (AvgIpc) is 2.88. The molecule has 1 aliphatic rings. The van der Waals surface area contributed by atoms with Crippen LogP contribution >= 0.6 is 58.7 Å². The highest BCUT2D eigenvalue weighted by Crippen LogP contribution is 2.30. The lowest BCUT2D eigenvalue weighted by Crippen LogP contribution is -2.51. The van der Waals surface area contributed by atoms with Gasteiger partial charge in [0.25, 0.3) is 0 Å². The molecule has 4 nitrogen and oxygen atoms in total. The lowest BCUT2D eigenvalue weighted by Gasteiger charge is -2.39. The Morgan fingerprint density at radius 2 is 2.26 bits per heavy atom. The Balaban J connectivity index is 0.00000264. The molecule has 0 amide bonds. The molecule has 1 fully saturated rings. The first-order valence-electron chi connectivity index (χ1n) is 7.52. The monoisotopic (exact) mass is 489 g/mol. The van der Waals surface area contributed by atoms with E-state index in [4.69, 9.17) is 11.6 Å². The van der Waals surface area contributed by atoms with Crippen molar-refractivity contribution in [1.82, 2.24) is 10.2 Å². The maximum Gasteiger partial charge on any atom is 0.194 e. The van der Waals surface area contributed by atoms with Gasteiger partial charge in [-0.2, -0.15) is 11.8 Å². The van der Waals surface area contributed by atoms with Gasteiger partial charge in [0.05, 0.1) is 10.9 Å². The second kappa shape index (κ2) is 9.70. The zero-order chi connectivity index (χ0) is 16.2. The van der Waals surface area contributed by atoms with Gasteiger partial charge in [0.1, 0.15) is 6.10 Å². The van der Waals surface area contributed by atoms with E-state index in [2.05, 4.69) is 36.0 Å². The van der Waals surface area contributed by atoms with Gasteiger partial charge in [0, 0.05) is 35.0 Å². The SMILES string of the molecule is CCNC(=NCC(O)c1ccc(Cl)s1)N1CCSC(C)(C)C1.I. The minimum Gasteiger partial charge on any atom is -0.386 e. The molecule has 0 bridgehead atoms. The molecule has 0 aliphatic carbocycles. The van der Waals surface area contributed by atoms with Crippen LogP contribution in [-0.2, 0) is 0 Å². The van der Waals surface area contributed by atoms with Crippen LogP contribution in [0.15, 0.2) is 17.1 Å². The van der Waals surface area contributed by atoms with E-state index in [1.54, 1.807) is 0 Å². The molecule has 1 atom stereocenters. The highest BCUT2D eigenvalue weighted by atomic mass is 127. The second-order valence-electron chi connectivity index (χ2n) is 5.88. The molecule has 1 aromatic rings. The van der Waals surface area contributed by atoms with Crippen LogP contribution in [0.2, 0.25) is 4.34 Å². The van der Waals surface area contributed by atoms with E-state index in [1.165, 1.54) is 11.3 Å². The van der Waals surface area contributed by atoms with Gasteiger partial charge >= 0.3 is 0 Å². The smallest absolute Gasteiger partial charge is 0.194 e. The maximum absolute atomic E-state index is 10.2. The molecule has 132 valence electrons. The Kier molecular flexibility index (Phi) is 9.00. The molecule has 1 unspecified atom stereocenters. The summed E-state index contributed by atoms with van der Waals surface area (Å²) in [6, 6.07) is 3.67. The van der Waals surface area contributed by atoms with Crippen LogP contribution in [-0.4, -0.2) is 52.6 Å². The number of hydrogen-bond acceptors (Lipinski definition) is 4. The highest BCUT2D eigenvalue weighted by molar-refractivity contribution is 14.0. The van der Waals surface area contributed by atoms with Crippen LogP contribution < -0.4 is 5.32 Å². The Morgan fingerprint density at radius 3 is 2.83 bits per heavy atom. The molecule has 2 rings (SSSR count). The fourth-order valence-electron chi connectivity index (χ4n) is 2.39. The molecule has 0 saturated carbocycles. The number of nitrogens with one attached hydrogen (secondary N) is 1. The average molecular weight is 490 g/mol. The summed E-state index contributed by atoms with van der Waals surface area (Å²) < 4.78 is 0.925. The van der Waals surface area contributed by atoms with Crippen molar-refractivity contribution in [3.63, 3.8) is 0 Å². The molecule has 1 saturated heterocycles. The van der Waals surface area contributed by atoms with Gasteiger partial charge < -0.3 is 15.3 Å². The predicted octanol–water partition coefficient (Wildman–Crippen LogP) is 3.85. The zero-order valence-electron chi connectivity index (χ0n) is 13.7. The molecule has 0 radical (unpaired) electrons. The molecule has 1 aromatic heterocycles. The third-order valence-electron chi connectivity index (χ3n) is 3.40. The van der Waals surface area contributed by atoms with Crippen molar-refractivity contribution in [2.24, 2.45) is 4.99 Å². The molecular weight excluding hydrogens is 465 g/mol. The number of rotatable bonds is 4. The summed E-state index contributed by atoms with van der Waals surface area (Å²) in [5, 5.41) is 13.6. The molecule has 2 N–H and O–H groups in total. The number of thioether (sulfide) groups is 1. The molecule has 0 spiro atoms. The zero-order valence-corrected chi connectivity index (χ0v) is 18.4. The van der Waals surface area contributed by atoms with Crippen molar-refractivity contribution >= 4 is 64.6 Å². The molecule has 23 heavy (non-hydrogen) atoms. The molecule has 1 aliphatic heterocycles. The van der Waals surface area contributed by atoms with Crippen LogP contribution in [0, 0.1) is 0 Å². The van der Waals surface area contributed by atoms with Crippen molar-refractivity contribution in [3.05, 3.63) is 21.3 Å². The van der Waals surface area contributed by atoms with E-state index in [1.807, 2.05) is 23.9 Å².